The van der Waals surface area contributed by atoms with E-state index in [1.165, 1.54) is 19.2 Å². The molecule has 2 aromatic rings. The van der Waals surface area contributed by atoms with Crippen LogP contribution in [0.2, 0.25) is 0 Å². The minimum absolute atomic E-state index is 0.0698. The molecule has 0 amide bonds. The number of terminal acetylenes is 1. The van der Waals surface area contributed by atoms with Gasteiger partial charge in [-0.3, -0.25) is 0 Å². The summed E-state index contributed by atoms with van der Waals surface area (Å²) in [6, 6.07) is 10.0. The topological polar surface area (TPSA) is 9.23 Å². The van der Waals surface area contributed by atoms with Crippen molar-refractivity contribution in [1.29, 1.82) is 0 Å². The lowest BCUT2D eigenvalue weighted by Crippen LogP contribution is -2.07. The maximum absolute atomic E-state index is 13.0. The molecule has 0 unspecified atom stereocenters. The Morgan fingerprint density at radius 1 is 1.05 bits per heavy atom. The van der Waals surface area contributed by atoms with Gasteiger partial charge in [0.25, 0.3) is 0 Å². The molecule has 0 radical (unpaired) electrons. The monoisotopic (exact) mass is 276 g/mol. The Kier molecular flexibility index (Phi) is 3.71. The molecule has 0 saturated carbocycles. The van der Waals surface area contributed by atoms with Crippen molar-refractivity contribution in [2.75, 3.05) is 7.11 Å². The Morgan fingerprint density at radius 3 is 2.35 bits per heavy atom. The van der Waals surface area contributed by atoms with E-state index in [1.807, 2.05) is 0 Å². The highest BCUT2D eigenvalue weighted by atomic mass is 19.4. The van der Waals surface area contributed by atoms with Crippen LogP contribution in [0.4, 0.5) is 13.2 Å². The molecule has 2 rings (SSSR count). The first-order valence-corrected chi connectivity index (χ1v) is 5.78. The lowest BCUT2D eigenvalue weighted by atomic mass is 9.97. The zero-order valence-corrected chi connectivity index (χ0v) is 10.7. The normalized spacial score (nSPS) is 10.9. The van der Waals surface area contributed by atoms with Crippen molar-refractivity contribution in [2.45, 2.75) is 6.18 Å². The zero-order chi connectivity index (χ0) is 14.8. The Bertz CT molecular complexity index is 666. The number of alkyl halides is 3. The molecule has 20 heavy (non-hydrogen) atoms. The summed E-state index contributed by atoms with van der Waals surface area (Å²) in [5.74, 6) is 2.74. The predicted octanol–water partition coefficient (Wildman–Crippen LogP) is 4.36. The summed E-state index contributed by atoms with van der Waals surface area (Å²) in [6.45, 7) is 0. The highest BCUT2D eigenvalue weighted by Crippen LogP contribution is 2.40. The summed E-state index contributed by atoms with van der Waals surface area (Å²) in [5, 5.41) is 0. The van der Waals surface area contributed by atoms with Crippen LogP contribution in [0.3, 0.4) is 0 Å². The van der Waals surface area contributed by atoms with E-state index >= 15 is 0 Å². The Balaban J connectivity index is 2.67. The summed E-state index contributed by atoms with van der Waals surface area (Å²) in [7, 11) is 1.40. The van der Waals surface area contributed by atoms with Gasteiger partial charge in [0, 0.05) is 11.1 Å². The first-order chi connectivity index (χ1) is 9.47. The number of rotatable bonds is 2. The lowest BCUT2D eigenvalue weighted by molar-refractivity contribution is -0.137. The summed E-state index contributed by atoms with van der Waals surface area (Å²) >= 11 is 0. The molecule has 4 heteroatoms. The third kappa shape index (κ3) is 2.62. The molecule has 0 N–H and O–H groups in total. The fourth-order valence-corrected chi connectivity index (χ4v) is 1.97. The van der Waals surface area contributed by atoms with Crippen molar-refractivity contribution in [3.05, 3.63) is 53.6 Å². The van der Waals surface area contributed by atoms with Gasteiger partial charge in [-0.15, -0.1) is 6.42 Å². The summed E-state index contributed by atoms with van der Waals surface area (Å²) < 4.78 is 44.3. The van der Waals surface area contributed by atoms with Crippen molar-refractivity contribution in [3.8, 4) is 29.2 Å². The van der Waals surface area contributed by atoms with Gasteiger partial charge in [0.1, 0.15) is 5.75 Å². The molecule has 0 spiro atoms. The maximum Gasteiger partial charge on any atom is 0.417 e. The summed E-state index contributed by atoms with van der Waals surface area (Å²) in [6.07, 6.45) is 0.852. The van der Waals surface area contributed by atoms with Crippen molar-refractivity contribution in [1.82, 2.24) is 0 Å². The lowest BCUT2D eigenvalue weighted by Gasteiger charge is -2.15. The third-order valence-corrected chi connectivity index (χ3v) is 2.89. The molecule has 0 aliphatic rings. The summed E-state index contributed by atoms with van der Waals surface area (Å²) in [4.78, 5) is 0. The van der Waals surface area contributed by atoms with Gasteiger partial charge in [-0.1, -0.05) is 24.1 Å². The van der Waals surface area contributed by atoms with E-state index < -0.39 is 11.7 Å². The number of benzene rings is 2. The van der Waals surface area contributed by atoms with Crippen molar-refractivity contribution >= 4 is 0 Å². The second-order valence-electron chi connectivity index (χ2n) is 4.10. The maximum atomic E-state index is 13.0. The number of methoxy groups -OCH3 is 1. The molecular formula is C16H11F3O. The van der Waals surface area contributed by atoms with E-state index in [-0.39, 0.29) is 5.56 Å². The van der Waals surface area contributed by atoms with Crippen LogP contribution in [-0.4, -0.2) is 7.11 Å². The van der Waals surface area contributed by atoms with Crippen LogP contribution < -0.4 is 4.74 Å². The van der Waals surface area contributed by atoms with Gasteiger partial charge >= 0.3 is 6.18 Å². The van der Waals surface area contributed by atoms with Crippen LogP contribution in [0, 0.1) is 12.3 Å². The van der Waals surface area contributed by atoms with Gasteiger partial charge < -0.3 is 4.74 Å². The van der Waals surface area contributed by atoms with E-state index in [0.717, 1.165) is 6.07 Å². The first-order valence-electron chi connectivity index (χ1n) is 5.78. The number of hydrogen-bond donors (Lipinski definition) is 0. The smallest absolute Gasteiger partial charge is 0.417 e. The zero-order valence-electron chi connectivity index (χ0n) is 10.7. The van der Waals surface area contributed by atoms with E-state index in [9.17, 15) is 13.2 Å². The fraction of sp³-hybridized carbons (Fsp3) is 0.125. The minimum atomic E-state index is -4.42. The van der Waals surface area contributed by atoms with E-state index in [0.29, 0.717) is 16.9 Å². The van der Waals surface area contributed by atoms with Crippen molar-refractivity contribution < 1.29 is 17.9 Å². The van der Waals surface area contributed by atoms with E-state index in [1.54, 1.807) is 24.3 Å². The van der Waals surface area contributed by atoms with Gasteiger partial charge in [-0.05, 0) is 29.8 Å². The number of halogens is 3. The highest BCUT2D eigenvalue weighted by Gasteiger charge is 2.33. The number of hydrogen-bond acceptors (Lipinski definition) is 1. The average molecular weight is 276 g/mol. The van der Waals surface area contributed by atoms with Crippen molar-refractivity contribution in [2.24, 2.45) is 0 Å². The highest BCUT2D eigenvalue weighted by molar-refractivity contribution is 5.75. The third-order valence-electron chi connectivity index (χ3n) is 2.89. The quantitative estimate of drug-likeness (QED) is 0.740. The van der Waals surface area contributed by atoms with Gasteiger partial charge in [0.2, 0.25) is 0 Å². The van der Waals surface area contributed by atoms with Crippen LogP contribution in [0.5, 0.6) is 5.75 Å². The van der Waals surface area contributed by atoms with Gasteiger partial charge in [0.05, 0.1) is 12.7 Å². The second-order valence-corrected chi connectivity index (χ2v) is 4.10. The Labute approximate surface area is 115 Å². The number of ether oxygens (including phenoxy) is 1. The molecule has 102 valence electrons. The van der Waals surface area contributed by atoms with Gasteiger partial charge in [-0.25, -0.2) is 0 Å². The molecule has 0 aliphatic carbocycles. The molecule has 0 aliphatic heterocycles. The van der Waals surface area contributed by atoms with Crippen LogP contribution >= 0.6 is 0 Å². The Hall–Kier alpha value is -2.41. The largest absolute Gasteiger partial charge is 0.496 e. The van der Waals surface area contributed by atoms with Crippen LogP contribution in [-0.2, 0) is 6.18 Å². The first kappa shape index (κ1) is 14.0. The van der Waals surface area contributed by atoms with Crippen LogP contribution in [0.15, 0.2) is 42.5 Å². The van der Waals surface area contributed by atoms with Crippen LogP contribution in [0.1, 0.15) is 11.1 Å². The van der Waals surface area contributed by atoms with E-state index in [2.05, 4.69) is 5.92 Å². The van der Waals surface area contributed by atoms with Crippen LogP contribution in [0.25, 0.3) is 11.1 Å². The molecule has 0 bridgehead atoms. The molecule has 0 fully saturated rings. The van der Waals surface area contributed by atoms with Gasteiger partial charge in [-0.2, -0.15) is 13.2 Å². The van der Waals surface area contributed by atoms with E-state index in [4.69, 9.17) is 11.2 Å². The minimum Gasteiger partial charge on any atom is -0.496 e. The predicted molar refractivity (Wildman–Crippen MR) is 71.4 cm³/mol. The molecule has 0 saturated heterocycles. The molecule has 0 aromatic heterocycles. The Morgan fingerprint density at radius 2 is 1.75 bits per heavy atom. The van der Waals surface area contributed by atoms with Gasteiger partial charge in [0.15, 0.2) is 0 Å². The summed E-state index contributed by atoms with van der Waals surface area (Å²) in [5.41, 5.74) is 0.279. The standard InChI is InChI=1S/C16H11F3O/c1-3-11-8-9-13(15(10-11)20-2)12-6-4-5-7-14(12)16(17,18)19/h1,4-10H,2H3. The fourth-order valence-electron chi connectivity index (χ4n) is 1.97. The average Bonchev–Trinajstić information content (AvgIpc) is 2.45. The van der Waals surface area contributed by atoms with Crippen molar-refractivity contribution in [3.63, 3.8) is 0 Å². The molecule has 0 heterocycles. The molecule has 2 aromatic carbocycles. The molecule has 1 nitrogen and oxygen atoms in total. The SMILES string of the molecule is C#Cc1ccc(-c2ccccc2C(F)(F)F)c(OC)c1. The second kappa shape index (κ2) is 5.30. The molecular weight excluding hydrogens is 265 g/mol. The molecule has 0 atom stereocenters.